The highest BCUT2D eigenvalue weighted by Gasteiger charge is 2.44. The molecule has 2 atom stereocenters. The van der Waals surface area contributed by atoms with Crippen molar-refractivity contribution in [1.82, 2.24) is 4.90 Å². The Balaban J connectivity index is 1.78. The highest BCUT2D eigenvalue weighted by molar-refractivity contribution is 5.77. The van der Waals surface area contributed by atoms with Crippen LogP contribution in [0.5, 0.6) is 11.5 Å². The molecule has 1 N–H and O–H groups in total. The molecule has 1 saturated carbocycles. The number of nitrogens with zero attached hydrogens (tertiary/aromatic N) is 1. The van der Waals surface area contributed by atoms with Crippen LogP contribution in [0.4, 0.5) is 0 Å². The predicted octanol–water partition coefficient (Wildman–Crippen LogP) is 5.01. The molecular weight excluding hydrogens is 390 g/mol. The SMILES string of the molecule is CC[C@]1(C)CN(C(=O)CO)C[C@H]1c1ccc(OC)c(OC2CCC(C(C)(C)C)CC2)c1. The third-order valence-electron chi connectivity index (χ3n) is 7.87. The quantitative estimate of drug-likeness (QED) is 0.688. The molecule has 3 rings (SSSR count). The van der Waals surface area contributed by atoms with E-state index in [1.165, 1.54) is 18.4 Å². The van der Waals surface area contributed by atoms with E-state index in [2.05, 4.69) is 46.8 Å². The molecule has 1 aliphatic heterocycles. The van der Waals surface area contributed by atoms with Crippen molar-refractivity contribution < 1.29 is 19.4 Å². The molecule has 0 unspecified atom stereocenters. The Kier molecular flexibility index (Phi) is 7.25. The van der Waals surface area contributed by atoms with Crippen LogP contribution in [0.25, 0.3) is 0 Å². The Hall–Kier alpha value is -1.75. The summed E-state index contributed by atoms with van der Waals surface area (Å²) >= 11 is 0. The molecule has 1 aromatic carbocycles. The van der Waals surface area contributed by atoms with Gasteiger partial charge in [-0.2, -0.15) is 0 Å². The molecule has 31 heavy (non-hydrogen) atoms. The molecule has 5 heteroatoms. The highest BCUT2D eigenvalue weighted by Crippen LogP contribution is 2.47. The molecule has 1 heterocycles. The fraction of sp³-hybridized carbons (Fsp3) is 0.731. The van der Waals surface area contributed by atoms with Crippen molar-refractivity contribution >= 4 is 5.91 Å². The summed E-state index contributed by atoms with van der Waals surface area (Å²) < 4.78 is 12.1. The fourth-order valence-electron chi connectivity index (χ4n) is 5.44. The first-order valence-corrected chi connectivity index (χ1v) is 11.8. The van der Waals surface area contributed by atoms with Crippen LogP contribution in [0.15, 0.2) is 18.2 Å². The second-order valence-electron chi connectivity index (χ2n) is 10.9. The zero-order chi connectivity index (χ0) is 22.8. The van der Waals surface area contributed by atoms with Crippen LogP contribution in [0.3, 0.4) is 0 Å². The number of carbonyl (C=O) groups excluding carboxylic acids is 1. The van der Waals surface area contributed by atoms with Crippen molar-refractivity contribution in [3.05, 3.63) is 23.8 Å². The minimum Gasteiger partial charge on any atom is -0.493 e. The maximum atomic E-state index is 12.2. The summed E-state index contributed by atoms with van der Waals surface area (Å²) in [6.45, 7) is 12.3. The van der Waals surface area contributed by atoms with Gasteiger partial charge in [0.25, 0.3) is 0 Å². The monoisotopic (exact) mass is 431 g/mol. The zero-order valence-electron chi connectivity index (χ0n) is 20.2. The van der Waals surface area contributed by atoms with Gasteiger partial charge in [0.2, 0.25) is 5.91 Å². The van der Waals surface area contributed by atoms with Crippen LogP contribution < -0.4 is 9.47 Å². The average molecular weight is 432 g/mol. The highest BCUT2D eigenvalue weighted by atomic mass is 16.5. The van der Waals surface area contributed by atoms with Crippen molar-refractivity contribution in [3.63, 3.8) is 0 Å². The Labute approximate surface area is 188 Å². The maximum Gasteiger partial charge on any atom is 0.248 e. The third kappa shape index (κ3) is 5.19. The Morgan fingerprint density at radius 1 is 1.19 bits per heavy atom. The van der Waals surface area contributed by atoms with Gasteiger partial charge in [-0.25, -0.2) is 0 Å². The number of aliphatic hydroxyl groups excluding tert-OH is 1. The predicted molar refractivity (Wildman–Crippen MR) is 124 cm³/mol. The van der Waals surface area contributed by atoms with Gasteiger partial charge in [0.05, 0.1) is 13.2 Å². The molecule has 1 saturated heterocycles. The van der Waals surface area contributed by atoms with Crippen LogP contribution in [-0.4, -0.2) is 48.8 Å². The van der Waals surface area contributed by atoms with Crippen LogP contribution in [0.2, 0.25) is 0 Å². The molecular formula is C26H41NO4. The van der Waals surface area contributed by atoms with Gasteiger partial charge in [-0.05, 0) is 66.5 Å². The summed E-state index contributed by atoms with van der Waals surface area (Å²) in [7, 11) is 1.69. The van der Waals surface area contributed by atoms with E-state index in [0.717, 1.165) is 36.7 Å². The number of ether oxygens (including phenoxy) is 2. The lowest BCUT2D eigenvalue weighted by Gasteiger charge is -2.37. The molecule has 174 valence electrons. The molecule has 1 aliphatic carbocycles. The van der Waals surface area contributed by atoms with E-state index in [1.54, 1.807) is 12.0 Å². The van der Waals surface area contributed by atoms with E-state index in [9.17, 15) is 9.90 Å². The molecule has 1 amide bonds. The molecule has 0 bridgehead atoms. The number of carbonyl (C=O) groups is 1. The van der Waals surface area contributed by atoms with Gasteiger partial charge in [0.15, 0.2) is 11.5 Å². The lowest BCUT2D eigenvalue weighted by molar-refractivity contribution is -0.133. The molecule has 0 aromatic heterocycles. The average Bonchev–Trinajstić information content (AvgIpc) is 3.11. The summed E-state index contributed by atoms with van der Waals surface area (Å²) in [6.07, 6.45) is 5.73. The van der Waals surface area contributed by atoms with E-state index in [-0.39, 0.29) is 23.3 Å². The summed E-state index contributed by atoms with van der Waals surface area (Å²) in [5.41, 5.74) is 1.51. The van der Waals surface area contributed by atoms with Crippen molar-refractivity contribution in [2.24, 2.45) is 16.7 Å². The van der Waals surface area contributed by atoms with Gasteiger partial charge in [-0.1, -0.05) is 40.7 Å². The lowest BCUT2D eigenvalue weighted by atomic mass is 9.72. The minimum absolute atomic E-state index is 0.0263. The standard InChI is InChI=1S/C26H41NO4/c1-7-26(5)17-27(24(29)16-28)15-21(26)18-8-13-22(30-6)23(14-18)31-20-11-9-19(10-12-20)25(2,3)4/h8,13-14,19-21,28H,7,9-12,15-17H2,1-6H3/t19?,20?,21-,26+/m0/s1. The van der Waals surface area contributed by atoms with Crippen LogP contribution in [0.1, 0.15) is 78.2 Å². The maximum absolute atomic E-state index is 12.2. The van der Waals surface area contributed by atoms with Crippen molar-refractivity contribution in [3.8, 4) is 11.5 Å². The number of hydrogen-bond donors (Lipinski definition) is 1. The number of rotatable bonds is 6. The molecule has 0 radical (unpaired) electrons. The number of benzene rings is 1. The van der Waals surface area contributed by atoms with Crippen molar-refractivity contribution in [2.75, 3.05) is 26.8 Å². The number of hydrogen-bond acceptors (Lipinski definition) is 4. The van der Waals surface area contributed by atoms with Crippen LogP contribution >= 0.6 is 0 Å². The van der Waals surface area contributed by atoms with Gasteiger partial charge in [0.1, 0.15) is 6.61 Å². The fourth-order valence-corrected chi connectivity index (χ4v) is 5.44. The first kappa shape index (κ1) is 23.9. The van der Waals surface area contributed by atoms with E-state index < -0.39 is 6.61 Å². The first-order valence-electron chi connectivity index (χ1n) is 11.8. The van der Waals surface area contributed by atoms with E-state index in [0.29, 0.717) is 18.5 Å². The summed E-state index contributed by atoms with van der Waals surface area (Å²) in [6, 6.07) is 6.23. The van der Waals surface area contributed by atoms with E-state index in [1.807, 2.05) is 6.07 Å². The van der Waals surface area contributed by atoms with Crippen molar-refractivity contribution in [1.29, 1.82) is 0 Å². The second-order valence-corrected chi connectivity index (χ2v) is 10.9. The van der Waals surface area contributed by atoms with Crippen LogP contribution in [0, 0.1) is 16.7 Å². The van der Waals surface area contributed by atoms with Gasteiger partial charge in [-0.15, -0.1) is 0 Å². The number of likely N-dealkylation sites (tertiary alicyclic amines) is 1. The topological polar surface area (TPSA) is 59.0 Å². The summed E-state index contributed by atoms with van der Waals surface area (Å²) in [5, 5.41) is 9.33. The molecule has 1 aromatic rings. The number of methoxy groups -OCH3 is 1. The van der Waals surface area contributed by atoms with Crippen LogP contribution in [-0.2, 0) is 4.79 Å². The Morgan fingerprint density at radius 2 is 1.87 bits per heavy atom. The summed E-state index contributed by atoms with van der Waals surface area (Å²) in [4.78, 5) is 14.0. The molecule has 0 spiro atoms. The van der Waals surface area contributed by atoms with Gasteiger partial charge < -0.3 is 19.5 Å². The van der Waals surface area contributed by atoms with Gasteiger partial charge in [0, 0.05) is 19.0 Å². The second kappa shape index (κ2) is 9.40. The number of amides is 1. The van der Waals surface area contributed by atoms with E-state index in [4.69, 9.17) is 9.47 Å². The first-order chi connectivity index (χ1) is 14.6. The van der Waals surface area contributed by atoms with Crippen molar-refractivity contribution in [2.45, 2.75) is 78.7 Å². The molecule has 2 aliphatic rings. The zero-order valence-corrected chi connectivity index (χ0v) is 20.2. The lowest BCUT2D eigenvalue weighted by Crippen LogP contribution is -2.32. The normalized spacial score (nSPS) is 29.1. The molecule has 2 fully saturated rings. The smallest absolute Gasteiger partial charge is 0.248 e. The van der Waals surface area contributed by atoms with E-state index >= 15 is 0 Å². The minimum atomic E-state index is -0.430. The van der Waals surface area contributed by atoms with Gasteiger partial charge in [-0.3, -0.25) is 4.79 Å². The third-order valence-corrected chi connectivity index (χ3v) is 7.87. The number of aliphatic hydroxyl groups is 1. The Morgan fingerprint density at radius 3 is 2.42 bits per heavy atom. The summed E-state index contributed by atoms with van der Waals surface area (Å²) in [5.74, 6) is 2.34. The van der Waals surface area contributed by atoms with Gasteiger partial charge >= 0.3 is 0 Å². The largest absolute Gasteiger partial charge is 0.493 e. The Bertz CT molecular complexity index is 763. The molecule has 5 nitrogen and oxygen atoms in total.